The van der Waals surface area contributed by atoms with Crippen LogP contribution in [0.4, 0.5) is 0 Å². The number of aromatic nitrogens is 2. The molecular formula is C11H17ClN4O3S. The lowest BCUT2D eigenvalue weighted by molar-refractivity contribution is 0.0951. The summed E-state index contributed by atoms with van der Waals surface area (Å²) in [5.74, 6) is -0.175. The van der Waals surface area contributed by atoms with Gasteiger partial charge < -0.3 is 5.32 Å². The highest BCUT2D eigenvalue weighted by Crippen LogP contribution is 2.16. The number of hydrogen-bond donors (Lipinski definition) is 2. The van der Waals surface area contributed by atoms with Gasteiger partial charge in [0.1, 0.15) is 11.5 Å². The summed E-state index contributed by atoms with van der Waals surface area (Å²) in [4.78, 5) is 20.0. The molecule has 1 aromatic rings. The Balaban J connectivity index is 2.75. The van der Waals surface area contributed by atoms with Crippen LogP contribution in [0.3, 0.4) is 0 Å². The molecule has 0 saturated carbocycles. The van der Waals surface area contributed by atoms with Crippen molar-refractivity contribution in [3.8, 4) is 0 Å². The number of carbonyl (C=O) groups is 1. The third kappa shape index (κ3) is 4.69. The fraction of sp³-hybridized carbons (Fsp3) is 0.545. The Hall–Kier alpha value is -1.25. The predicted octanol–water partition coefficient (Wildman–Crippen LogP) is 0.532. The minimum absolute atomic E-state index is 0.0284. The van der Waals surface area contributed by atoms with Gasteiger partial charge in [-0.2, -0.15) is 0 Å². The largest absolute Gasteiger partial charge is 0.350 e. The Labute approximate surface area is 123 Å². The summed E-state index contributed by atoms with van der Waals surface area (Å²) in [6.07, 6.45) is 1.36. The van der Waals surface area contributed by atoms with Gasteiger partial charge in [-0.15, -0.1) is 0 Å². The molecule has 0 spiro atoms. The van der Waals surface area contributed by atoms with Crippen molar-refractivity contribution in [2.24, 2.45) is 0 Å². The summed E-state index contributed by atoms with van der Waals surface area (Å²) >= 11 is 5.88. The van der Waals surface area contributed by atoms with E-state index in [1.165, 1.54) is 13.2 Å². The molecule has 0 saturated heterocycles. The van der Waals surface area contributed by atoms with Gasteiger partial charge in [0.05, 0.1) is 17.0 Å². The maximum atomic E-state index is 11.9. The lowest BCUT2D eigenvalue weighted by Gasteiger charge is -2.09. The van der Waals surface area contributed by atoms with E-state index in [1.807, 2.05) is 13.8 Å². The predicted molar refractivity (Wildman–Crippen MR) is 76.3 cm³/mol. The van der Waals surface area contributed by atoms with E-state index in [0.29, 0.717) is 5.82 Å². The molecule has 7 nitrogen and oxygen atoms in total. The van der Waals surface area contributed by atoms with Crippen molar-refractivity contribution in [2.45, 2.75) is 19.8 Å². The molecule has 1 rings (SSSR count). The van der Waals surface area contributed by atoms with Gasteiger partial charge >= 0.3 is 0 Å². The molecule has 1 amide bonds. The number of nitrogens with zero attached hydrogens (tertiary/aromatic N) is 2. The minimum Gasteiger partial charge on any atom is -0.350 e. The zero-order valence-electron chi connectivity index (χ0n) is 11.5. The molecular weight excluding hydrogens is 304 g/mol. The van der Waals surface area contributed by atoms with Crippen molar-refractivity contribution >= 4 is 27.5 Å². The molecule has 1 aromatic heterocycles. The van der Waals surface area contributed by atoms with Crippen LogP contribution in [-0.2, 0) is 10.0 Å². The first kappa shape index (κ1) is 16.8. The van der Waals surface area contributed by atoms with Crippen LogP contribution in [0.1, 0.15) is 36.1 Å². The quantitative estimate of drug-likeness (QED) is 0.796. The van der Waals surface area contributed by atoms with E-state index in [4.69, 9.17) is 11.6 Å². The first-order chi connectivity index (χ1) is 9.26. The van der Waals surface area contributed by atoms with Crippen LogP contribution in [-0.4, -0.2) is 43.6 Å². The average molecular weight is 321 g/mol. The lowest BCUT2D eigenvalue weighted by atomic mass is 10.2. The van der Waals surface area contributed by atoms with Gasteiger partial charge in [-0.1, -0.05) is 25.4 Å². The third-order valence-corrected chi connectivity index (χ3v) is 4.10. The molecule has 20 heavy (non-hydrogen) atoms. The molecule has 0 aliphatic carbocycles. The first-order valence-corrected chi connectivity index (χ1v) is 8.01. The van der Waals surface area contributed by atoms with Crippen LogP contribution in [0.25, 0.3) is 0 Å². The fourth-order valence-electron chi connectivity index (χ4n) is 1.30. The van der Waals surface area contributed by atoms with Crippen molar-refractivity contribution in [2.75, 3.05) is 19.3 Å². The maximum absolute atomic E-state index is 11.9. The van der Waals surface area contributed by atoms with E-state index in [-0.39, 0.29) is 28.9 Å². The van der Waals surface area contributed by atoms with E-state index in [2.05, 4.69) is 20.0 Å². The van der Waals surface area contributed by atoms with Crippen molar-refractivity contribution in [3.63, 3.8) is 0 Å². The molecule has 9 heteroatoms. The normalized spacial score (nSPS) is 11.7. The van der Waals surface area contributed by atoms with Crippen LogP contribution in [0, 0.1) is 0 Å². The zero-order chi connectivity index (χ0) is 15.3. The highest BCUT2D eigenvalue weighted by atomic mass is 35.5. The summed E-state index contributed by atoms with van der Waals surface area (Å²) in [7, 11) is -2.05. The number of amides is 1. The van der Waals surface area contributed by atoms with Gasteiger partial charge in [-0.3, -0.25) is 4.79 Å². The molecule has 0 aliphatic heterocycles. The second-order valence-electron chi connectivity index (χ2n) is 4.36. The standard InChI is InChI=1S/C11H17ClN4O3S/c1-7(2)10-15-6-8(12)9(16-10)11(17)14-4-5-20(18,19)13-3/h6-7,13H,4-5H2,1-3H3,(H,14,17). The van der Waals surface area contributed by atoms with E-state index < -0.39 is 15.9 Å². The van der Waals surface area contributed by atoms with Gasteiger partial charge in [0.2, 0.25) is 10.0 Å². The second-order valence-corrected chi connectivity index (χ2v) is 6.81. The maximum Gasteiger partial charge on any atom is 0.271 e. The molecule has 0 radical (unpaired) electrons. The van der Waals surface area contributed by atoms with Crippen molar-refractivity contribution < 1.29 is 13.2 Å². The number of hydrogen-bond acceptors (Lipinski definition) is 5. The molecule has 2 N–H and O–H groups in total. The van der Waals surface area contributed by atoms with Gasteiger partial charge in [-0.25, -0.2) is 23.1 Å². The Morgan fingerprint density at radius 2 is 2.10 bits per heavy atom. The Morgan fingerprint density at radius 1 is 1.45 bits per heavy atom. The molecule has 1 heterocycles. The van der Waals surface area contributed by atoms with Gasteiger partial charge in [0, 0.05) is 12.5 Å². The van der Waals surface area contributed by atoms with Crippen LogP contribution in [0.5, 0.6) is 0 Å². The molecule has 0 aliphatic rings. The molecule has 0 atom stereocenters. The number of nitrogens with one attached hydrogen (secondary N) is 2. The van der Waals surface area contributed by atoms with E-state index in [1.54, 1.807) is 0 Å². The number of carbonyl (C=O) groups excluding carboxylic acids is 1. The lowest BCUT2D eigenvalue weighted by Crippen LogP contribution is -2.33. The second kappa shape index (κ2) is 6.96. The van der Waals surface area contributed by atoms with Crippen LogP contribution >= 0.6 is 11.6 Å². The Kier molecular flexibility index (Phi) is 5.85. The topological polar surface area (TPSA) is 101 Å². The van der Waals surface area contributed by atoms with Crippen LogP contribution in [0.15, 0.2) is 6.20 Å². The van der Waals surface area contributed by atoms with Gasteiger partial charge in [-0.05, 0) is 7.05 Å². The van der Waals surface area contributed by atoms with Crippen molar-refractivity contribution in [1.29, 1.82) is 0 Å². The number of sulfonamides is 1. The average Bonchev–Trinajstić information content (AvgIpc) is 2.38. The summed E-state index contributed by atoms with van der Waals surface area (Å²) in [5.41, 5.74) is 0.0484. The zero-order valence-corrected chi connectivity index (χ0v) is 13.0. The molecule has 112 valence electrons. The highest BCUT2D eigenvalue weighted by molar-refractivity contribution is 7.89. The van der Waals surface area contributed by atoms with Gasteiger partial charge in [0.25, 0.3) is 5.91 Å². The Morgan fingerprint density at radius 3 is 2.65 bits per heavy atom. The SMILES string of the molecule is CNS(=O)(=O)CCNC(=O)c1nc(C(C)C)ncc1Cl. The smallest absolute Gasteiger partial charge is 0.271 e. The van der Waals surface area contributed by atoms with Crippen molar-refractivity contribution in [1.82, 2.24) is 20.0 Å². The summed E-state index contributed by atoms with van der Waals surface area (Å²) in [5, 5.41) is 2.59. The number of rotatable bonds is 6. The molecule has 0 bridgehead atoms. The summed E-state index contributed by atoms with van der Waals surface area (Å²) < 4.78 is 24.6. The molecule has 0 unspecified atom stereocenters. The summed E-state index contributed by atoms with van der Waals surface area (Å²) in [6.45, 7) is 3.76. The fourth-order valence-corrected chi connectivity index (χ4v) is 2.05. The molecule has 0 aromatic carbocycles. The van der Waals surface area contributed by atoms with Crippen molar-refractivity contribution in [3.05, 3.63) is 22.7 Å². The van der Waals surface area contributed by atoms with E-state index in [9.17, 15) is 13.2 Å². The van der Waals surface area contributed by atoms with E-state index in [0.717, 1.165) is 0 Å². The van der Waals surface area contributed by atoms with Crippen LogP contribution < -0.4 is 10.0 Å². The molecule has 0 fully saturated rings. The minimum atomic E-state index is -3.36. The Bertz CT molecular complexity index is 589. The first-order valence-electron chi connectivity index (χ1n) is 5.98. The number of halogens is 1. The third-order valence-electron chi connectivity index (χ3n) is 2.46. The highest BCUT2D eigenvalue weighted by Gasteiger charge is 2.16. The summed E-state index contributed by atoms with van der Waals surface area (Å²) in [6, 6.07) is 0. The van der Waals surface area contributed by atoms with Crippen LogP contribution in [0.2, 0.25) is 5.02 Å². The van der Waals surface area contributed by atoms with E-state index >= 15 is 0 Å². The monoisotopic (exact) mass is 320 g/mol. The van der Waals surface area contributed by atoms with Gasteiger partial charge in [0.15, 0.2) is 0 Å².